The number of benzene rings is 1. The van der Waals surface area contributed by atoms with E-state index >= 15 is 0 Å². The Hall–Kier alpha value is -0.800. The van der Waals surface area contributed by atoms with Gasteiger partial charge in [0.2, 0.25) is 5.88 Å². The maximum Gasteiger partial charge on any atom is 0.573 e. The predicted octanol–water partition coefficient (Wildman–Crippen LogP) is 6.06. The zero-order valence-electron chi connectivity index (χ0n) is 9.92. The van der Waals surface area contributed by atoms with E-state index in [2.05, 4.69) is 57.5 Å². The molecule has 0 aliphatic carbocycles. The van der Waals surface area contributed by atoms with Gasteiger partial charge in [-0.1, -0.05) is 0 Å². The fourth-order valence-electron chi connectivity index (χ4n) is 1.34. The summed E-state index contributed by atoms with van der Waals surface area (Å²) in [6.07, 6.45) is -3.21. The van der Waals surface area contributed by atoms with Crippen molar-refractivity contribution in [1.82, 2.24) is 4.98 Å². The van der Waals surface area contributed by atoms with Crippen LogP contribution < -0.4 is 9.47 Å². The summed E-state index contributed by atoms with van der Waals surface area (Å²) in [5.74, 6) is 0.249. The van der Waals surface area contributed by atoms with E-state index in [9.17, 15) is 13.2 Å². The quantitative estimate of drug-likeness (QED) is 0.523. The van der Waals surface area contributed by atoms with Gasteiger partial charge in [-0.25, -0.2) is 4.98 Å². The lowest BCUT2D eigenvalue weighted by Crippen LogP contribution is -2.17. The Balaban J connectivity index is 2.20. The summed E-state index contributed by atoms with van der Waals surface area (Å²) in [7, 11) is 0. The monoisotopic (exact) mass is 489 g/mol. The van der Waals surface area contributed by atoms with Crippen LogP contribution in [-0.2, 0) is 0 Å². The van der Waals surface area contributed by atoms with Gasteiger partial charge in [-0.15, -0.1) is 13.2 Å². The molecule has 21 heavy (non-hydrogen) atoms. The van der Waals surface area contributed by atoms with Crippen LogP contribution in [-0.4, -0.2) is 11.3 Å². The third-order valence-corrected chi connectivity index (χ3v) is 3.74. The second-order valence-corrected chi connectivity index (χ2v) is 6.31. The lowest BCUT2D eigenvalue weighted by molar-refractivity contribution is -0.274. The summed E-state index contributed by atoms with van der Waals surface area (Å²) >= 11 is 9.53. The minimum atomic E-state index is -4.75. The highest BCUT2D eigenvalue weighted by Crippen LogP contribution is 2.36. The van der Waals surface area contributed by atoms with Crippen molar-refractivity contribution >= 4 is 47.8 Å². The van der Waals surface area contributed by atoms with Gasteiger partial charge in [-0.3, -0.25) is 0 Å². The first-order valence-electron chi connectivity index (χ1n) is 5.29. The number of hydrogen-bond donors (Lipinski definition) is 0. The predicted molar refractivity (Wildman–Crippen MR) is 80.5 cm³/mol. The van der Waals surface area contributed by atoms with Crippen LogP contribution in [0.3, 0.4) is 0 Å². The molecule has 0 bridgehead atoms. The highest BCUT2D eigenvalue weighted by Gasteiger charge is 2.32. The Morgan fingerprint density at radius 2 is 1.71 bits per heavy atom. The van der Waals surface area contributed by atoms with Crippen molar-refractivity contribution < 1.29 is 22.6 Å². The van der Waals surface area contributed by atoms with Crippen LogP contribution >= 0.6 is 47.8 Å². The first-order chi connectivity index (χ1) is 9.74. The molecule has 0 aliphatic rings. The van der Waals surface area contributed by atoms with E-state index < -0.39 is 6.36 Å². The summed E-state index contributed by atoms with van der Waals surface area (Å²) in [6.45, 7) is 0. The molecule has 0 N–H and O–H groups in total. The number of halogens is 6. The molecule has 2 rings (SSSR count). The molecule has 0 saturated heterocycles. The normalized spacial score (nSPS) is 11.3. The van der Waals surface area contributed by atoms with Crippen LogP contribution in [0.25, 0.3) is 0 Å². The van der Waals surface area contributed by atoms with Gasteiger partial charge in [0, 0.05) is 10.7 Å². The molecule has 0 atom stereocenters. The van der Waals surface area contributed by atoms with Gasteiger partial charge in [0.1, 0.15) is 11.5 Å². The van der Waals surface area contributed by atoms with Crippen LogP contribution in [0.1, 0.15) is 0 Å². The third kappa shape index (κ3) is 4.86. The molecule has 0 unspecified atom stereocenters. The van der Waals surface area contributed by atoms with Crippen molar-refractivity contribution in [3.63, 3.8) is 0 Å². The topological polar surface area (TPSA) is 31.4 Å². The van der Waals surface area contributed by atoms with Gasteiger partial charge in [-0.2, -0.15) is 0 Å². The molecule has 0 spiro atoms. The number of alkyl halides is 3. The Labute approximate surface area is 142 Å². The number of pyridine rings is 1. The number of hydrogen-bond acceptors (Lipinski definition) is 3. The molecule has 112 valence electrons. The maximum absolute atomic E-state index is 12.2. The molecule has 1 aromatic heterocycles. The van der Waals surface area contributed by atoms with Gasteiger partial charge >= 0.3 is 6.36 Å². The SMILES string of the molecule is FC(F)(F)Oc1ccc(Oc2ncc(Br)cc2Br)cc1Br. The summed E-state index contributed by atoms with van der Waals surface area (Å²) in [5, 5.41) is 0. The van der Waals surface area contributed by atoms with E-state index in [0.29, 0.717) is 10.2 Å². The largest absolute Gasteiger partial charge is 0.573 e. The molecular formula is C12H5Br3F3NO2. The highest BCUT2D eigenvalue weighted by molar-refractivity contribution is 9.11. The third-order valence-electron chi connectivity index (χ3n) is 2.12. The van der Waals surface area contributed by atoms with E-state index in [-0.39, 0.29) is 16.1 Å². The van der Waals surface area contributed by atoms with Crippen molar-refractivity contribution in [2.45, 2.75) is 6.36 Å². The van der Waals surface area contributed by atoms with Crippen molar-refractivity contribution in [2.24, 2.45) is 0 Å². The maximum atomic E-state index is 12.2. The second kappa shape index (κ2) is 6.53. The summed E-state index contributed by atoms with van der Waals surface area (Å²) in [4.78, 5) is 4.04. The van der Waals surface area contributed by atoms with Gasteiger partial charge in [0.15, 0.2) is 0 Å². The number of aromatic nitrogens is 1. The van der Waals surface area contributed by atoms with E-state index in [1.165, 1.54) is 18.3 Å². The lowest BCUT2D eigenvalue weighted by Gasteiger charge is -2.12. The Morgan fingerprint density at radius 1 is 1.00 bits per heavy atom. The van der Waals surface area contributed by atoms with Crippen LogP contribution in [0.2, 0.25) is 0 Å². The van der Waals surface area contributed by atoms with Gasteiger partial charge in [0.05, 0.1) is 8.95 Å². The van der Waals surface area contributed by atoms with E-state index in [0.717, 1.165) is 10.5 Å². The minimum absolute atomic E-state index is 0.116. The average molecular weight is 492 g/mol. The van der Waals surface area contributed by atoms with Crippen molar-refractivity contribution in [1.29, 1.82) is 0 Å². The fraction of sp³-hybridized carbons (Fsp3) is 0.0833. The Bertz CT molecular complexity index is 665. The smallest absolute Gasteiger partial charge is 0.438 e. The van der Waals surface area contributed by atoms with Crippen LogP contribution in [0.5, 0.6) is 17.4 Å². The van der Waals surface area contributed by atoms with Crippen LogP contribution in [0.15, 0.2) is 43.9 Å². The number of ether oxygens (including phenoxy) is 2. The molecule has 0 amide bonds. The molecule has 2 aromatic rings. The molecule has 1 heterocycles. The second-order valence-electron chi connectivity index (χ2n) is 3.68. The summed E-state index contributed by atoms with van der Waals surface area (Å²) in [6, 6.07) is 5.59. The molecule has 0 aliphatic heterocycles. The number of nitrogens with zero attached hydrogens (tertiary/aromatic N) is 1. The average Bonchev–Trinajstić information content (AvgIpc) is 2.35. The Kier molecular flexibility index (Phi) is 5.15. The molecule has 1 aromatic carbocycles. The summed E-state index contributed by atoms with van der Waals surface area (Å²) in [5.41, 5.74) is 0. The molecule has 0 saturated carbocycles. The first kappa shape index (κ1) is 16.6. The van der Waals surface area contributed by atoms with Crippen LogP contribution in [0, 0.1) is 0 Å². The molecular weight excluding hydrogens is 487 g/mol. The first-order valence-corrected chi connectivity index (χ1v) is 7.67. The van der Waals surface area contributed by atoms with E-state index in [1.54, 1.807) is 6.07 Å². The van der Waals surface area contributed by atoms with Gasteiger partial charge < -0.3 is 9.47 Å². The zero-order chi connectivity index (χ0) is 15.6. The lowest BCUT2D eigenvalue weighted by atomic mass is 10.3. The van der Waals surface area contributed by atoms with Crippen molar-refractivity contribution in [2.75, 3.05) is 0 Å². The zero-order valence-corrected chi connectivity index (χ0v) is 14.7. The Morgan fingerprint density at radius 3 is 2.29 bits per heavy atom. The minimum Gasteiger partial charge on any atom is -0.438 e. The molecule has 9 heteroatoms. The summed E-state index contributed by atoms with van der Waals surface area (Å²) < 4.78 is 47.3. The van der Waals surface area contributed by atoms with Gasteiger partial charge in [-0.05, 0) is 72.1 Å². The molecule has 0 radical (unpaired) electrons. The van der Waals surface area contributed by atoms with Crippen LogP contribution in [0.4, 0.5) is 13.2 Å². The van der Waals surface area contributed by atoms with Crippen molar-refractivity contribution in [3.05, 3.63) is 43.9 Å². The van der Waals surface area contributed by atoms with Gasteiger partial charge in [0.25, 0.3) is 0 Å². The standard InChI is InChI=1S/C12H5Br3F3NO2/c13-6-3-9(15)11(19-5-6)20-7-1-2-10(8(14)4-7)21-12(16,17)18/h1-5H. The number of rotatable bonds is 3. The fourth-order valence-corrected chi connectivity index (χ4v) is 2.85. The molecule has 3 nitrogen and oxygen atoms in total. The highest BCUT2D eigenvalue weighted by atomic mass is 79.9. The van der Waals surface area contributed by atoms with E-state index in [1.807, 2.05) is 0 Å². The van der Waals surface area contributed by atoms with Crippen molar-refractivity contribution in [3.8, 4) is 17.4 Å². The molecule has 0 fully saturated rings. The van der Waals surface area contributed by atoms with E-state index in [4.69, 9.17) is 4.74 Å².